The number of carbonyl (C=O) groups excluding carboxylic acids is 2. The first-order chi connectivity index (χ1) is 14.9. The predicted molar refractivity (Wildman–Crippen MR) is 116 cm³/mol. The quantitative estimate of drug-likeness (QED) is 0.737. The van der Waals surface area contributed by atoms with Crippen LogP contribution in [0.25, 0.3) is 0 Å². The largest absolute Gasteiger partial charge is 0.492 e. The van der Waals surface area contributed by atoms with E-state index in [-0.39, 0.29) is 29.5 Å². The predicted octanol–water partition coefficient (Wildman–Crippen LogP) is 3.81. The van der Waals surface area contributed by atoms with Crippen LogP contribution in [0.2, 0.25) is 0 Å². The summed E-state index contributed by atoms with van der Waals surface area (Å²) in [5, 5.41) is 0. The molecule has 1 spiro atoms. The van der Waals surface area contributed by atoms with Crippen molar-refractivity contribution in [2.45, 2.75) is 38.6 Å². The van der Waals surface area contributed by atoms with Gasteiger partial charge in [-0.2, -0.15) is 0 Å². The van der Waals surface area contributed by atoms with Gasteiger partial charge in [-0.25, -0.2) is 4.39 Å². The number of benzene rings is 2. The van der Waals surface area contributed by atoms with Crippen LogP contribution in [0.4, 0.5) is 4.39 Å². The molecule has 2 amide bonds. The van der Waals surface area contributed by atoms with Gasteiger partial charge in [-0.3, -0.25) is 9.59 Å². The Morgan fingerprint density at radius 3 is 2.58 bits per heavy atom. The zero-order valence-corrected chi connectivity index (χ0v) is 18.0. The number of ether oxygens (including phenoxy) is 1. The molecule has 0 N–H and O–H groups in total. The van der Waals surface area contributed by atoms with Crippen LogP contribution in [0.1, 0.15) is 36.8 Å². The van der Waals surface area contributed by atoms with Crippen molar-refractivity contribution < 1.29 is 18.7 Å². The second-order valence-corrected chi connectivity index (χ2v) is 8.77. The van der Waals surface area contributed by atoms with E-state index in [1.807, 2.05) is 41.1 Å². The number of carbonyl (C=O) groups is 2. The number of hydrogen-bond acceptors (Lipinski definition) is 3. The monoisotopic (exact) mass is 424 g/mol. The van der Waals surface area contributed by atoms with Crippen molar-refractivity contribution >= 4 is 11.8 Å². The summed E-state index contributed by atoms with van der Waals surface area (Å²) >= 11 is 0. The molecular formula is C25H29FN2O3. The van der Waals surface area contributed by atoms with Crippen LogP contribution in [0.5, 0.6) is 5.75 Å². The lowest BCUT2D eigenvalue weighted by atomic mass is 10.1. The van der Waals surface area contributed by atoms with Crippen LogP contribution in [-0.4, -0.2) is 48.4 Å². The van der Waals surface area contributed by atoms with E-state index < -0.39 is 0 Å². The number of rotatable bonds is 2. The fraction of sp³-hybridized carbons (Fsp3) is 0.440. The average molecular weight is 425 g/mol. The number of hydrogen-bond donors (Lipinski definition) is 0. The molecule has 2 bridgehead atoms. The summed E-state index contributed by atoms with van der Waals surface area (Å²) in [7, 11) is 1.85. The highest BCUT2D eigenvalue weighted by Gasteiger charge is 2.52. The van der Waals surface area contributed by atoms with E-state index in [1.54, 1.807) is 12.1 Å². The molecule has 164 valence electrons. The number of amides is 2. The first-order valence-corrected chi connectivity index (χ1v) is 10.9. The molecule has 0 radical (unpaired) electrons. The van der Waals surface area contributed by atoms with E-state index in [9.17, 15) is 14.0 Å². The van der Waals surface area contributed by atoms with Gasteiger partial charge in [0.25, 0.3) is 0 Å². The van der Waals surface area contributed by atoms with Gasteiger partial charge >= 0.3 is 0 Å². The van der Waals surface area contributed by atoms with E-state index in [1.165, 1.54) is 12.1 Å². The SMILES string of the molecule is CN1CCCCN(C(=O)Cc2ccc(F)cc2)Cc2cccc(c2)OCC2(CC2)C1=O. The van der Waals surface area contributed by atoms with Gasteiger partial charge in [-0.1, -0.05) is 24.3 Å². The Labute approximate surface area is 182 Å². The smallest absolute Gasteiger partial charge is 0.231 e. The second kappa shape index (κ2) is 9.08. The maximum Gasteiger partial charge on any atom is 0.231 e. The standard InChI is InChI=1S/C25H29FN2O3/c1-27-13-2-3-14-28(23(29)16-19-7-9-21(26)10-8-19)17-20-5-4-6-22(15-20)31-18-25(11-12-25)24(27)30/h4-10,15H,2-3,11-14,16-18H2,1H3. The van der Waals surface area contributed by atoms with Gasteiger partial charge in [0.2, 0.25) is 11.8 Å². The molecule has 1 aliphatic heterocycles. The minimum absolute atomic E-state index is 0.00591. The van der Waals surface area contributed by atoms with Crippen LogP contribution < -0.4 is 4.74 Å². The molecular weight excluding hydrogens is 395 g/mol. The molecule has 2 aromatic rings. The fourth-order valence-electron chi connectivity index (χ4n) is 4.08. The molecule has 0 saturated heterocycles. The maximum atomic E-state index is 13.2. The molecule has 1 heterocycles. The molecule has 5 nitrogen and oxygen atoms in total. The first kappa shape index (κ1) is 21.3. The van der Waals surface area contributed by atoms with E-state index in [0.717, 1.165) is 42.6 Å². The summed E-state index contributed by atoms with van der Waals surface area (Å²) in [6, 6.07) is 13.8. The van der Waals surface area contributed by atoms with Crippen LogP contribution in [-0.2, 0) is 22.6 Å². The molecule has 2 aliphatic rings. The Kier molecular flexibility index (Phi) is 6.25. The van der Waals surface area contributed by atoms with Crippen molar-refractivity contribution in [2.24, 2.45) is 5.41 Å². The molecule has 0 unspecified atom stereocenters. The summed E-state index contributed by atoms with van der Waals surface area (Å²) in [6.07, 6.45) is 3.63. The third-order valence-electron chi connectivity index (χ3n) is 6.23. The lowest BCUT2D eigenvalue weighted by Crippen LogP contribution is -2.38. The summed E-state index contributed by atoms with van der Waals surface area (Å²) in [5.41, 5.74) is 1.42. The van der Waals surface area contributed by atoms with Crippen LogP contribution in [0.15, 0.2) is 48.5 Å². The van der Waals surface area contributed by atoms with Crippen LogP contribution in [0.3, 0.4) is 0 Å². The molecule has 0 atom stereocenters. The topological polar surface area (TPSA) is 49.9 Å². The van der Waals surface area contributed by atoms with E-state index in [0.29, 0.717) is 26.2 Å². The molecule has 2 aromatic carbocycles. The lowest BCUT2D eigenvalue weighted by molar-refractivity contribution is -0.137. The van der Waals surface area contributed by atoms with Crippen LogP contribution in [0, 0.1) is 11.2 Å². The zero-order chi connectivity index (χ0) is 21.8. The number of halogens is 1. The first-order valence-electron chi connectivity index (χ1n) is 10.9. The highest BCUT2D eigenvalue weighted by molar-refractivity contribution is 5.85. The third-order valence-corrected chi connectivity index (χ3v) is 6.23. The minimum atomic E-state index is -0.369. The summed E-state index contributed by atoms with van der Waals surface area (Å²) in [4.78, 5) is 29.6. The van der Waals surface area contributed by atoms with Gasteiger partial charge < -0.3 is 14.5 Å². The van der Waals surface area contributed by atoms with E-state index in [2.05, 4.69) is 0 Å². The van der Waals surface area contributed by atoms with Crippen molar-refractivity contribution in [1.82, 2.24) is 9.80 Å². The summed E-state index contributed by atoms with van der Waals surface area (Å²) in [5.74, 6) is 0.580. The molecule has 0 aromatic heterocycles. The lowest BCUT2D eigenvalue weighted by Gasteiger charge is -2.27. The van der Waals surface area contributed by atoms with Gasteiger partial charge in [0, 0.05) is 26.7 Å². The maximum absolute atomic E-state index is 13.2. The normalized spacial score (nSPS) is 19.0. The molecule has 1 fully saturated rings. The Morgan fingerprint density at radius 1 is 1.10 bits per heavy atom. The Bertz CT molecular complexity index is 940. The Hall–Kier alpha value is -2.89. The minimum Gasteiger partial charge on any atom is -0.492 e. The molecule has 1 aliphatic carbocycles. The average Bonchev–Trinajstić information content (AvgIpc) is 3.56. The Balaban J connectivity index is 1.51. The van der Waals surface area contributed by atoms with Crippen molar-refractivity contribution in [2.75, 3.05) is 26.7 Å². The van der Waals surface area contributed by atoms with Gasteiger partial charge in [0.1, 0.15) is 18.2 Å². The highest BCUT2D eigenvalue weighted by Crippen LogP contribution is 2.47. The molecule has 31 heavy (non-hydrogen) atoms. The summed E-state index contributed by atoms with van der Waals surface area (Å²) < 4.78 is 19.2. The van der Waals surface area contributed by atoms with Gasteiger partial charge in [0.05, 0.1) is 11.8 Å². The van der Waals surface area contributed by atoms with Gasteiger partial charge in [-0.15, -0.1) is 0 Å². The Morgan fingerprint density at radius 2 is 1.84 bits per heavy atom. The van der Waals surface area contributed by atoms with Gasteiger partial charge in [-0.05, 0) is 61.1 Å². The van der Waals surface area contributed by atoms with Crippen molar-refractivity contribution in [3.8, 4) is 5.75 Å². The van der Waals surface area contributed by atoms with E-state index in [4.69, 9.17) is 4.74 Å². The van der Waals surface area contributed by atoms with Crippen molar-refractivity contribution in [1.29, 1.82) is 0 Å². The summed E-state index contributed by atoms with van der Waals surface area (Å²) in [6.45, 7) is 2.17. The number of nitrogens with zero attached hydrogens (tertiary/aromatic N) is 2. The highest BCUT2D eigenvalue weighted by atomic mass is 19.1. The second-order valence-electron chi connectivity index (χ2n) is 8.77. The van der Waals surface area contributed by atoms with Crippen molar-refractivity contribution in [3.63, 3.8) is 0 Å². The fourth-order valence-corrected chi connectivity index (χ4v) is 4.08. The van der Waals surface area contributed by atoms with E-state index >= 15 is 0 Å². The van der Waals surface area contributed by atoms with Crippen LogP contribution >= 0.6 is 0 Å². The molecule has 4 rings (SSSR count). The van der Waals surface area contributed by atoms with Gasteiger partial charge in [0.15, 0.2) is 0 Å². The van der Waals surface area contributed by atoms with Crippen molar-refractivity contribution in [3.05, 3.63) is 65.5 Å². The zero-order valence-electron chi connectivity index (χ0n) is 18.0. The molecule has 1 saturated carbocycles. The molecule has 6 heteroatoms. The number of fused-ring (bicyclic) bond motifs is 2. The third kappa shape index (κ3) is 5.24.